The highest BCUT2D eigenvalue weighted by Crippen LogP contribution is 2.33. The van der Waals surface area contributed by atoms with Gasteiger partial charge in [0.2, 0.25) is 5.96 Å². The summed E-state index contributed by atoms with van der Waals surface area (Å²) in [6.07, 6.45) is -4.49. The van der Waals surface area contributed by atoms with Crippen molar-refractivity contribution in [3.8, 4) is 5.75 Å². The van der Waals surface area contributed by atoms with Gasteiger partial charge in [0.1, 0.15) is 23.3 Å². The monoisotopic (exact) mass is 429 g/mol. The molecule has 0 aliphatic carbocycles. The third kappa shape index (κ3) is 4.05. The van der Waals surface area contributed by atoms with Crippen LogP contribution in [0.5, 0.6) is 5.75 Å². The first-order valence-electron chi connectivity index (χ1n) is 9.37. The third-order valence-electron chi connectivity index (χ3n) is 5.48. The number of benzene rings is 1. The first-order chi connectivity index (χ1) is 14.1. The van der Waals surface area contributed by atoms with Gasteiger partial charge in [0.15, 0.2) is 0 Å². The SMILES string of the molecule is CN=C1NC(Nc2cc(F)c(C(=O)N3CC(C)C3C)cc2OC)=NCC1C(F)(F)F. The fourth-order valence-corrected chi connectivity index (χ4v) is 3.39. The number of nitrogens with zero attached hydrogens (tertiary/aromatic N) is 3. The molecule has 0 saturated carbocycles. The van der Waals surface area contributed by atoms with Crippen LogP contribution in [0.25, 0.3) is 0 Å². The summed E-state index contributed by atoms with van der Waals surface area (Å²) in [7, 11) is 2.58. The predicted molar refractivity (Wildman–Crippen MR) is 105 cm³/mol. The normalized spacial score (nSPS) is 25.3. The Balaban J connectivity index is 1.83. The summed E-state index contributed by atoms with van der Waals surface area (Å²) >= 11 is 0. The van der Waals surface area contributed by atoms with Crippen LogP contribution in [0.3, 0.4) is 0 Å². The highest BCUT2D eigenvalue weighted by molar-refractivity contribution is 6.09. The molecule has 0 radical (unpaired) electrons. The van der Waals surface area contributed by atoms with Crippen LogP contribution in [0, 0.1) is 17.7 Å². The number of anilines is 1. The van der Waals surface area contributed by atoms with Crippen LogP contribution in [0.15, 0.2) is 22.1 Å². The molecule has 0 bridgehead atoms. The predicted octanol–water partition coefficient (Wildman–Crippen LogP) is 2.89. The molecule has 1 amide bonds. The van der Waals surface area contributed by atoms with Crippen LogP contribution >= 0.6 is 0 Å². The Hall–Kier alpha value is -2.85. The quantitative estimate of drug-likeness (QED) is 0.725. The lowest BCUT2D eigenvalue weighted by atomic mass is 9.91. The van der Waals surface area contributed by atoms with Gasteiger partial charge < -0.3 is 20.3 Å². The van der Waals surface area contributed by atoms with Gasteiger partial charge in [0, 0.05) is 25.7 Å². The number of amides is 1. The van der Waals surface area contributed by atoms with Gasteiger partial charge in [0.05, 0.1) is 24.9 Å². The second kappa shape index (κ2) is 8.11. The zero-order valence-corrected chi connectivity index (χ0v) is 17.0. The van der Waals surface area contributed by atoms with Crippen molar-refractivity contribution in [1.29, 1.82) is 0 Å². The van der Waals surface area contributed by atoms with Gasteiger partial charge in [-0.15, -0.1) is 0 Å². The number of halogens is 4. The Morgan fingerprint density at radius 1 is 1.37 bits per heavy atom. The van der Waals surface area contributed by atoms with Crippen molar-refractivity contribution in [3.05, 3.63) is 23.5 Å². The number of rotatable bonds is 3. The van der Waals surface area contributed by atoms with Crippen LogP contribution < -0.4 is 15.4 Å². The second-order valence-electron chi connectivity index (χ2n) is 7.35. The fraction of sp³-hybridized carbons (Fsp3) is 0.526. The van der Waals surface area contributed by atoms with Gasteiger partial charge in [-0.1, -0.05) is 6.92 Å². The molecule has 1 fully saturated rings. The topological polar surface area (TPSA) is 78.3 Å². The van der Waals surface area contributed by atoms with E-state index in [0.717, 1.165) is 6.07 Å². The second-order valence-corrected chi connectivity index (χ2v) is 7.35. The molecule has 2 N–H and O–H groups in total. The first-order valence-corrected chi connectivity index (χ1v) is 9.37. The van der Waals surface area contributed by atoms with E-state index in [1.165, 1.54) is 20.2 Å². The van der Waals surface area contributed by atoms with Gasteiger partial charge in [-0.3, -0.25) is 14.8 Å². The van der Waals surface area contributed by atoms with Crippen LogP contribution in [-0.4, -0.2) is 62.1 Å². The molecule has 3 atom stereocenters. The van der Waals surface area contributed by atoms with E-state index < -0.39 is 30.4 Å². The van der Waals surface area contributed by atoms with Crippen molar-refractivity contribution in [3.63, 3.8) is 0 Å². The zero-order valence-electron chi connectivity index (χ0n) is 17.0. The van der Waals surface area contributed by atoms with E-state index in [2.05, 4.69) is 20.6 Å². The number of alkyl halides is 3. The molecule has 3 rings (SSSR count). The number of hydrogen-bond acceptors (Lipinski definition) is 5. The molecule has 2 heterocycles. The smallest absolute Gasteiger partial charge is 0.400 e. The molecular formula is C19H23F4N5O2. The Kier molecular flexibility index (Phi) is 5.91. The van der Waals surface area contributed by atoms with Crippen molar-refractivity contribution >= 4 is 23.4 Å². The largest absolute Gasteiger partial charge is 0.495 e. The lowest BCUT2D eigenvalue weighted by Gasteiger charge is -2.44. The Bertz CT molecular complexity index is 900. The molecule has 1 saturated heterocycles. The highest BCUT2D eigenvalue weighted by Gasteiger charge is 2.45. The lowest BCUT2D eigenvalue weighted by molar-refractivity contribution is -0.153. The number of methoxy groups -OCH3 is 1. The molecule has 0 aromatic heterocycles. The number of aliphatic imine (C=N–C) groups is 2. The van der Waals surface area contributed by atoms with Crippen molar-refractivity contribution in [2.24, 2.45) is 21.8 Å². The van der Waals surface area contributed by atoms with Gasteiger partial charge in [-0.05, 0) is 18.9 Å². The summed E-state index contributed by atoms with van der Waals surface area (Å²) in [4.78, 5) is 21.7. The summed E-state index contributed by atoms with van der Waals surface area (Å²) < 4.78 is 59.1. The van der Waals surface area contributed by atoms with Crippen LogP contribution in [0.2, 0.25) is 0 Å². The number of nitrogens with one attached hydrogen (secondary N) is 2. The maximum absolute atomic E-state index is 14.7. The molecule has 30 heavy (non-hydrogen) atoms. The third-order valence-corrected chi connectivity index (χ3v) is 5.48. The van der Waals surface area contributed by atoms with Gasteiger partial charge in [-0.25, -0.2) is 4.39 Å². The van der Waals surface area contributed by atoms with Gasteiger partial charge in [0.25, 0.3) is 5.91 Å². The Morgan fingerprint density at radius 2 is 2.07 bits per heavy atom. The van der Waals surface area contributed by atoms with E-state index >= 15 is 0 Å². The summed E-state index contributed by atoms with van der Waals surface area (Å²) in [5, 5.41) is 5.20. The van der Waals surface area contributed by atoms with E-state index in [-0.39, 0.29) is 34.8 Å². The summed E-state index contributed by atoms with van der Waals surface area (Å²) in [6, 6.07) is 2.34. The molecule has 2 aliphatic heterocycles. The molecule has 0 spiro atoms. The molecule has 1 aromatic rings. The average molecular weight is 429 g/mol. The van der Waals surface area contributed by atoms with Crippen LogP contribution in [0.4, 0.5) is 23.2 Å². The molecule has 2 aliphatic rings. The van der Waals surface area contributed by atoms with Crippen molar-refractivity contribution < 1.29 is 27.1 Å². The number of amidine groups is 1. The fourth-order valence-electron chi connectivity index (χ4n) is 3.39. The first kappa shape index (κ1) is 21.8. The van der Waals surface area contributed by atoms with E-state index in [1.54, 1.807) is 4.90 Å². The average Bonchev–Trinajstić information content (AvgIpc) is 2.70. The molecule has 7 nitrogen and oxygen atoms in total. The van der Waals surface area contributed by atoms with Crippen molar-refractivity contribution in [2.45, 2.75) is 26.1 Å². The maximum atomic E-state index is 14.7. The summed E-state index contributed by atoms with van der Waals surface area (Å²) in [5.41, 5.74) is -0.0219. The van der Waals surface area contributed by atoms with Crippen LogP contribution in [-0.2, 0) is 0 Å². The lowest BCUT2D eigenvalue weighted by Crippen LogP contribution is -2.56. The summed E-state index contributed by atoms with van der Waals surface area (Å²) in [5.74, 6) is -2.89. The maximum Gasteiger partial charge on any atom is 0.400 e. The number of carbonyl (C=O) groups excluding carboxylic acids is 1. The Labute approximate surface area is 171 Å². The van der Waals surface area contributed by atoms with Gasteiger partial charge >= 0.3 is 6.18 Å². The van der Waals surface area contributed by atoms with E-state index in [1.807, 2.05) is 13.8 Å². The Morgan fingerprint density at radius 3 is 2.60 bits per heavy atom. The van der Waals surface area contributed by atoms with Crippen molar-refractivity contribution in [2.75, 3.05) is 32.6 Å². The minimum atomic E-state index is -4.49. The van der Waals surface area contributed by atoms with E-state index in [4.69, 9.17) is 4.74 Å². The standard InChI is InChI=1S/C19H23F4N5O2/c1-9-8-28(10(9)2)17(29)11-5-15(30-4)14(6-13(11)20)26-18-25-7-12(19(21,22)23)16(24-3)27-18/h5-6,9-10,12H,7-8H2,1-4H3,(H2,24,25,26,27). The number of carbonyl (C=O) groups is 1. The molecule has 164 valence electrons. The number of ether oxygens (including phenoxy) is 1. The minimum absolute atomic E-state index is 0.00909. The highest BCUT2D eigenvalue weighted by atomic mass is 19.4. The van der Waals surface area contributed by atoms with Crippen LogP contribution in [0.1, 0.15) is 24.2 Å². The number of hydrogen-bond donors (Lipinski definition) is 2. The van der Waals surface area contributed by atoms with E-state index in [9.17, 15) is 22.4 Å². The summed E-state index contributed by atoms with van der Waals surface area (Å²) in [6.45, 7) is 3.89. The molecule has 1 aromatic carbocycles. The molecule has 11 heteroatoms. The van der Waals surface area contributed by atoms with E-state index in [0.29, 0.717) is 12.5 Å². The number of likely N-dealkylation sites (tertiary alicyclic amines) is 1. The zero-order chi connectivity index (χ0) is 22.2. The molecular weight excluding hydrogens is 406 g/mol. The van der Waals surface area contributed by atoms with Crippen molar-refractivity contribution in [1.82, 2.24) is 10.2 Å². The van der Waals surface area contributed by atoms with Gasteiger partial charge in [-0.2, -0.15) is 13.2 Å². The molecule has 3 unspecified atom stereocenters. The number of guanidine groups is 1. The minimum Gasteiger partial charge on any atom is -0.495 e.